The summed E-state index contributed by atoms with van der Waals surface area (Å²) in [5, 5.41) is 3.64. The van der Waals surface area contributed by atoms with Crippen molar-refractivity contribution < 1.29 is 9.47 Å². The topological polar surface area (TPSA) is 30.5 Å². The Balaban J connectivity index is 0.000000774. The highest BCUT2D eigenvalue weighted by Crippen LogP contribution is 2.43. The van der Waals surface area contributed by atoms with Crippen LogP contribution in [0.1, 0.15) is 38.7 Å². The van der Waals surface area contributed by atoms with Gasteiger partial charge in [-0.05, 0) is 43.5 Å². The Labute approximate surface area is 128 Å². The van der Waals surface area contributed by atoms with Crippen molar-refractivity contribution in [2.24, 2.45) is 0 Å². The lowest BCUT2D eigenvalue weighted by atomic mass is 9.70. The molecule has 1 aromatic rings. The fourth-order valence-electron chi connectivity index (χ4n) is 3.49. The van der Waals surface area contributed by atoms with Crippen molar-refractivity contribution in [3.8, 4) is 11.5 Å². The first-order valence-electron chi connectivity index (χ1n) is 7.94. The van der Waals surface area contributed by atoms with Gasteiger partial charge >= 0.3 is 0 Å². The lowest BCUT2D eigenvalue weighted by molar-refractivity contribution is 0.351. The predicted octanol–water partition coefficient (Wildman–Crippen LogP) is 3.68. The molecule has 0 saturated carbocycles. The summed E-state index contributed by atoms with van der Waals surface area (Å²) in [5.41, 5.74) is 1.47. The van der Waals surface area contributed by atoms with Gasteiger partial charge in [0.05, 0.1) is 14.2 Å². The summed E-state index contributed by atoms with van der Waals surface area (Å²) in [6.07, 6.45) is 8.25. The Bertz CT molecular complexity index is 498. The van der Waals surface area contributed by atoms with Crippen LogP contribution in [0.4, 0.5) is 0 Å². The minimum Gasteiger partial charge on any atom is -0.493 e. The molecular weight excluding hydrogens is 262 g/mol. The molecule has 3 rings (SSSR count). The van der Waals surface area contributed by atoms with Crippen molar-refractivity contribution in [1.29, 1.82) is 0 Å². The second kappa shape index (κ2) is 6.99. The second-order valence-electron chi connectivity index (χ2n) is 5.35. The van der Waals surface area contributed by atoms with Crippen LogP contribution in [-0.4, -0.2) is 26.8 Å². The highest BCUT2D eigenvalue weighted by molar-refractivity contribution is 5.48. The Kier molecular flexibility index (Phi) is 5.29. The van der Waals surface area contributed by atoms with E-state index < -0.39 is 0 Å². The number of hydrogen-bond acceptors (Lipinski definition) is 3. The highest BCUT2D eigenvalue weighted by Gasteiger charge is 2.43. The summed E-state index contributed by atoms with van der Waals surface area (Å²) >= 11 is 0. The number of fused-ring (bicyclic) bond motifs is 1. The Morgan fingerprint density at radius 2 is 1.90 bits per heavy atom. The predicted molar refractivity (Wildman–Crippen MR) is 87.4 cm³/mol. The van der Waals surface area contributed by atoms with Crippen LogP contribution < -0.4 is 14.8 Å². The normalized spacial score (nSPS) is 26.6. The van der Waals surface area contributed by atoms with Gasteiger partial charge in [0.1, 0.15) is 0 Å². The van der Waals surface area contributed by atoms with Gasteiger partial charge in [-0.2, -0.15) is 0 Å². The van der Waals surface area contributed by atoms with Gasteiger partial charge in [0.2, 0.25) is 0 Å². The fourth-order valence-corrected chi connectivity index (χ4v) is 3.49. The molecule has 0 radical (unpaired) electrons. The van der Waals surface area contributed by atoms with Gasteiger partial charge in [-0.25, -0.2) is 0 Å². The van der Waals surface area contributed by atoms with Gasteiger partial charge in [0, 0.05) is 11.5 Å². The first-order valence-corrected chi connectivity index (χ1v) is 7.94. The molecule has 1 fully saturated rings. The van der Waals surface area contributed by atoms with E-state index in [1.54, 1.807) is 14.2 Å². The molecule has 1 aliphatic heterocycles. The summed E-state index contributed by atoms with van der Waals surface area (Å²) in [7, 11) is 3.37. The van der Waals surface area contributed by atoms with Crippen LogP contribution >= 0.6 is 0 Å². The van der Waals surface area contributed by atoms with E-state index in [-0.39, 0.29) is 5.41 Å². The molecule has 3 nitrogen and oxygen atoms in total. The minimum absolute atomic E-state index is 0.137. The van der Waals surface area contributed by atoms with Crippen LogP contribution in [0.3, 0.4) is 0 Å². The fraction of sp³-hybridized carbons (Fsp3) is 0.556. The molecule has 0 spiro atoms. The first-order chi connectivity index (χ1) is 10.3. The number of rotatable bonds is 3. The van der Waals surface area contributed by atoms with E-state index in [0.29, 0.717) is 6.04 Å². The summed E-state index contributed by atoms with van der Waals surface area (Å²) < 4.78 is 10.8. The summed E-state index contributed by atoms with van der Waals surface area (Å²) in [6, 6.07) is 6.88. The van der Waals surface area contributed by atoms with Crippen LogP contribution in [0, 0.1) is 0 Å². The van der Waals surface area contributed by atoms with Gasteiger partial charge in [0.15, 0.2) is 11.5 Å². The van der Waals surface area contributed by atoms with Crippen molar-refractivity contribution in [1.82, 2.24) is 5.32 Å². The molecule has 1 saturated heterocycles. The average molecular weight is 289 g/mol. The van der Waals surface area contributed by atoms with Crippen molar-refractivity contribution in [3.05, 3.63) is 35.9 Å². The molecule has 2 aliphatic rings. The van der Waals surface area contributed by atoms with Gasteiger partial charge < -0.3 is 14.8 Å². The minimum atomic E-state index is 0.137. The van der Waals surface area contributed by atoms with Gasteiger partial charge in [-0.1, -0.05) is 32.1 Å². The van der Waals surface area contributed by atoms with Crippen molar-refractivity contribution in [2.75, 3.05) is 20.8 Å². The SMILES string of the molecule is CC.COc1ccc([C@@]23C=CCCC2NCC3)cc1OC. The maximum Gasteiger partial charge on any atom is 0.161 e. The van der Waals surface area contributed by atoms with E-state index in [1.807, 2.05) is 19.9 Å². The van der Waals surface area contributed by atoms with Crippen LogP contribution in [-0.2, 0) is 5.41 Å². The van der Waals surface area contributed by atoms with Gasteiger partial charge in [0.25, 0.3) is 0 Å². The average Bonchev–Trinajstić information content (AvgIpc) is 3.01. The molecule has 21 heavy (non-hydrogen) atoms. The molecule has 0 bridgehead atoms. The Morgan fingerprint density at radius 3 is 2.62 bits per heavy atom. The van der Waals surface area contributed by atoms with Crippen molar-refractivity contribution in [3.63, 3.8) is 0 Å². The van der Waals surface area contributed by atoms with Crippen LogP contribution in [0.25, 0.3) is 0 Å². The van der Waals surface area contributed by atoms with E-state index in [9.17, 15) is 0 Å². The first kappa shape index (κ1) is 15.9. The van der Waals surface area contributed by atoms with E-state index in [4.69, 9.17) is 9.47 Å². The number of ether oxygens (including phenoxy) is 2. The van der Waals surface area contributed by atoms with Crippen LogP contribution in [0.2, 0.25) is 0 Å². The van der Waals surface area contributed by atoms with Crippen molar-refractivity contribution in [2.45, 2.75) is 44.6 Å². The highest BCUT2D eigenvalue weighted by atomic mass is 16.5. The molecule has 0 amide bonds. The quantitative estimate of drug-likeness (QED) is 0.861. The Hall–Kier alpha value is -1.48. The monoisotopic (exact) mass is 289 g/mol. The third kappa shape index (κ3) is 2.80. The van der Waals surface area contributed by atoms with E-state index in [2.05, 4.69) is 29.6 Å². The third-order valence-electron chi connectivity index (χ3n) is 4.51. The molecule has 3 heteroatoms. The largest absolute Gasteiger partial charge is 0.493 e. The molecule has 1 aliphatic carbocycles. The zero-order valence-electron chi connectivity index (χ0n) is 13.6. The van der Waals surface area contributed by atoms with Crippen molar-refractivity contribution >= 4 is 0 Å². The maximum atomic E-state index is 5.44. The zero-order chi connectivity index (χ0) is 15.3. The summed E-state index contributed by atoms with van der Waals surface area (Å²) in [6.45, 7) is 5.09. The number of benzene rings is 1. The molecule has 1 heterocycles. The smallest absolute Gasteiger partial charge is 0.161 e. The van der Waals surface area contributed by atoms with Crippen LogP contribution in [0.15, 0.2) is 30.4 Å². The molecular formula is C18H27NO2. The Morgan fingerprint density at radius 1 is 1.14 bits per heavy atom. The lowest BCUT2D eigenvalue weighted by Gasteiger charge is -2.36. The van der Waals surface area contributed by atoms with E-state index in [0.717, 1.165) is 24.5 Å². The van der Waals surface area contributed by atoms with Gasteiger partial charge in [-0.3, -0.25) is 0 Å². The number of nitrogens with one attached hydrogen (secondary N) is 1. The standard InChI is InChI=1S/C16H21NO2.C2H6/c1-18-13-7-6-12(11-14(13)19-2)16-8-4-3-5-15(16)17-10-9-16;1-2/h4,6-8,11,15,17H,3,5,9-10H2,1-2H3;1-2H3/t15?,16-;/m0./s1. The number of hydrogen-bond donors (Lipinski definition) is 1. The zero-order valence-corrected chi connectivity index (χ0v) is 13.6. The van der Waals surface area contributed by atoms with E-state index in [1.165, 1.54) is 18.4 Å². The summed E-state index contributed by atoms with van der Waals surface area (Å²) in [4.78, 5) is 0. The molecule has 1 aromatic carbocycles. The van der Waals surface area contributed by atoms with Gasteiger partial charge in [-0.15, -0.1) is 0 Å². The molecule has 116 valence electrons. The number of methoxy groups -OCH3 is 2. The summed E-state index contributed by atoms with van der Waals surface area (Å²) in [5.74, 6) is 1.61. The van der Waals surface area contributed by atoms with E-state index >= 15 is 0 Å². The molecule has 1 N–H and O–H groups in total. The third-order valence-corrected chi connectivity index (χ3v) is 4.51. The number of allylic oxidation sites excluding steroid dienone is 1. The second-order valence-corrected chi connectivity index (χ2v) is 5.35. The maximum absolute atomic E-state index is 5.44. The molecule has 0 aromatic heterocycles. The lowest BCUT2D eigenvalue weighted by Crippen LogP contribution is -2.40. The molecule has 2 atom stereocenters. The molecule has 1 unspecified atom stereocenters. The van der Waals surface area contributed by atoms with Crippen LogP contribution in [0.5, 0.6) is 11.5 Å².